The number of imidazole rings is 1. The summed E-state index contributed by atoms with van der Waals surface area (Å²) in [6.07, 6.45) is 2.86. The predicted octanol–water partition coefficient (Wildman–Crippen LogP) is 2.67. The topological polar surface area (TPSA) is 110 Å². The lowest BCUT2D eigenvalue weighted by Crippen LogP contribution is -2.24. The van der Waals surface area contributed by atoms with E-state index in [0.717, 1.165) is 36.9 Å². The first-order chi connectivity index (χ1) is 14.0. The van der Waals surface area contributed by atoms with Crippen LogP contribution in [0.4, 0.5) is 15.0 Å². The highest BCUT2D eigenvalue weighted by Gasteiger charge is 2.30. The number of aromatic amines is 1. The van der Waals surface area contributed by atoms with Crippen LogP contribution in [-0.2, 0) is 4.74 Å². The number of nitrogens with two attached hydrogens (primary N) is 1. The highest BCUT2D eigenvalue weighted by molar-refractivity contribution is 5.72. The molecule has 1 aliphatic rings. The third-order valence-corrected chi connectivity index (χ3v) is 4.74. The van der Waals surface area contributed by atoms with Crippen molar-refractivity contribution in [2.45, 2.75) is 31.9 Å². The van der Waals surface area contributed by atoms with Gasteiger partial charge in [-0.05, 0) is 43.9 Å². The van der Waals surface area contributed by atoms with Gasteiger partial charge < -0.3 is 20.4 Å². The fourth-order valence-corrected chi connectivity index (χ4v) is 3.52. The Morgan fingerprint density at radius 2 is 2.31 bits per heavy atom. The predicted molar refractivity (Wildman–Crippen MR) is 104 cm³/mol. The number of pyridine rings is 2. The minimum Gasteiger partial charge on any atom is -0.433 e. The highest BCUT2D eigenvalue weighted by atomic mass is 19.1. The Kier molecular flexibility index (Phi) is 4.99. The Bertz CT molecular complexity index is 1120. The second kappa shape index (κ2) is 7.75. The van der Waals surface area contributed by atoms with Gasteiger partial charge in [0.2, 0.25) is 0 Å². The minimum atomic E-state index is -0.902. The van der Waals surface area contributed by atoms with Crippen LogP contribution in [0.3, 0.4) is 0 Å². The van der Waals surface area contributed by atoms with Gasteiger partial charge in [0.15, 0.2) is 11.8 Å². The molecule has 148 valence electrons. The van der Waals surface area contributed by atoms with Crippen molar-refractivity contribution in [2.24, 2.45) is 5.73 Å². The molecule has 1 aliphatic heterocycles. The molecule has 9 heteroatoms. The van der Waals surface area contributed by atoms with E-state index in [1.165, 1.54) is 6.07 Å². The van der Waals surface area contributed by atoms with Crippen LogP contribution >= 0.6 is 0 Å². The van der Waals surface area contributed by atoms with Crippen molar-refractivity contribution >= 4 is 23.1 Å². The molecule has 4 rings (SSSR count). The average Bonchev–Trinajstić information content (AvgIpc) is 3.35. The maximum absolute atomic E-state index is 14.0. The van der Waals surface area contributed by atoms with Crippen LogP contribution in [0.5, 0.6) is 0 Å². The van der Waals surface area contributed by atoms with Gasteiger partial charge in [0.1, 0.15) is 17.3 Å². The van der Waals surface area contributed by atoms with Crippen molar-refractivity contribution in [1.82, 2.24) is 19.9 Å². The number of H-pyrrole nitrogens is 1. The first-order valence-corrected chi connectivity index (χ1v) is 9.21. The fraction of sp³-hybridized carbons (Fsp3) is 0.300. The van der Waals surface area contributed by atoms with Gasteiger partial charge in [-0.25, -0.2) is 24.1 Å². The number of carbonyl (C=O) groups excluding carboxylic acids is 1. The molecule has 1 unspecified atom stereocenters. The number of halogens is 1. The van der Waals surface area contributed by atoms with Gasteiger partial charge in [-0.1, -0.05) is 5.92 Å². The standard InChI is InChI=1S/C20H19FN6O2/c1-12(29-20(22)28)4-5-15-14(9-13(21)10-23-15)17-3-2-8-27(17)18-7-6-16-19(26-18)25-11-24-16/h6-7,9-12,17H,2-3,8H2,1H3,(H2,22,28)(H,24,25,26)/t12?,17-/m1/s1. The summed E-state index contributed by atoms with van der Waals surface area (Å²) in [6, 6.07) is 5.17. The molecule has 3 aromatic rings. The van der Waals surface area contributed by atoms with E-state index >= 15 is 0 Å². The molecular weight excluding hydrogens is 375 g/mol. The second-order valence-electron chi connectivity index (χ2n) is 6.73. The van der Waals surface area contributed by atoms with Crippen molar-refractivity contribution in [3.8, 4) is 11.8 Å². The number of aromatic nitrogens is 4. The van der Waals surface area contributed by atoms with E-state index < -0.39 is 18.0 Å². The van der Waals surface area contributed by atoms with Crippen LogP contribution in [0.1, 0.15) is 37.1 Å². The van der Waals surface area contributed by atoms with E-state index in [2.05, 4.69) is 36.7 Å². The van der Waals surface area contributed by atoms with E-state index in [1.807, 2.05) is 12.1 Å². The van der Waals surface area contributed by atoms with E-state index in [9.17, 15) is 9.18 Å². The lowest BCUT2D eigenvalue weighted by Gasteiger charge is -2.26. The lowest BCUT2D eigenvalue weighted by molar-refractivity contribution is 0.141. The molecule has 1 amide bonds. The molecule has 29 heavy (non-hydrogen) atoms. The summed E-state index contributed by atoms with van der Waals surface area (Å²) in [4.78, 5) is 29.0. The van der Waals surface area contributed by atoms with Gasteiger partial charge in [0.25, 0.3) is 0 Å². The van der Waals surface area contributed by atoms with Crippen LogP contribution in [0.2, 0.25) is 0 Å². The maximum atomic E-state index is 14.0. The fourth-order valence-electron chi connectivity index (χ4n) is 3.52. The Balaban J connectivity index is 1.68. The van der Waals surface area contributed by atoms with Crippen LogP contribution in [0.25, 0.3) is 11.2 Å². The summed E-state index contributed by atoms with van der Waals surface area (Å²) in [5.41, 5.74) is 7.60. The number of nitrogens with zero attached hydrogens (tertiary/aromatic N) is 4. The van der Waals surface area contributed by atoms with Gasteiger partial charge in [0.05, 0.1) is 24.1 Å². The normalized spacial score (nSPS) is 17.0. The van der Waals surface area contributed by atoms with Crippen molar-refractivity contribution in [2.75, 3.05) is 11.4 Å². The van der Waals surface area contributed by atoms with Crippen LogP contribution in [0.15, 0.2) is 30.7 Å². The van der Waals surface area contributed by atoms with E-state index in [0.29, 0.717) is 16.9 Å². The van der Waals surface area contributed by atoms with Gasteiger partial charge in [-0.2, -0.15) is 0 Å². The third-order valence-electron chi connectivity index (χ3n) is 4.74. The molecule has 0 aromatic carbocycles. The largest absolute Gasteiger partial charge is 0.433 e. The smallest absolute Gasteiger partial charge is 0.405 e. The summed E-state index contributed by atoms with van der Waals surface area (Å²) < 4.78 is 18.8. The average molecular weight is 394 g/mol. The molecule has 1 saturated heterocycles. The van der Waals surface area contributed by atoms with Gasteiger partial charge >= 0.3 is 6.09 Å². The quantitative estimate of drug-likeness (QED) is 0.661. The Morgan fingerprint density at radius 1 is 1.45 bits per heavy atom. The van der Waals surface area contributed by atoms with E-state index in [1.54, 1.807) is 13.3 Å². The van der Waals surface area contributed by atoms with Crippen LogP contribution in [-0.4, -0.2) is 38.7 Å². The van der Waals surface area contributed by atoms with Crippen molar-refractivity contribution < 1.29 is 13.9 Å². The number of anilines is 1. The lowest BCUT2D eigenvalue weighted by atomic mass is 10.0. The molecule has 3 aromatic heterocycles. The molecule has 8 nitrogen and oxygen atoms in total. The maximum Gasteiger partial charge on any atom is 0.405 e. The van der Waals surface area contributed by atoms with Crippen LogP contribution < -0.4 is 10.6 Å². The molecule has 0 spiro atoms. The van der Waals surface area contributed by atoms with Crippen molar-refractivity contribution in [1.29, 1.82) is 0 Å². The SMILES string of the molecule is CC(C#Cc1ncc(F)cc1[C@H]1CCCN1c1ccc2[nH]cnc2n1)OC(N)=O. The number of hydrogen-bond acceptors (Lipinski definition) is 6. The molecule has 1 fully saturated rings. The Hall–Kier alpha value is -3.67. The first-order valence-electron chi connectivity index (χ1n) is 9.21. The Labute approximate surface area is 166 Å². The molecule has 3 N–H and O–H groups in total. The number of amides is 1. The molecule has 0 bridgehead atoms. The molecule has 2 atom stereocenters. The minimum absolute atomic E-state index is 0.126. The number of ether oxygens (including phenoxy) is 1. The molecule has 0 saturated carbocycles. The van der Waals surface area contributed by atoms with E-state index in [4.69, 9.17) is 10.5 Å². The Morgan fingerprint density at radius 3 is 3.14 bits per heavy atom. The molecule has 0 radical (unpaired) electrons. The van der Waals surface area contributed by atoms with E-state index in [-0.39, 0.29) is 6.04 Å². The van der Waals surface area contributed by atoms with Gasteiger partial charge in [-0.15, -0.1) is 0 Å². The number of rotatable bonds is 3. The van der Waals surface area contributed by atoms with Crippen molar-refractivity contribution in [3.63, 3.8) is 0 Å². The second-order valence-corrected chi connectivity index (χ2v) is 6.73. The zero-order valence-corrected chi connectivity index (χ0v) is 15.7. The number of primary amides is 1. The molecule has 0 aliphatic carbocycles. The number of nitrogens with one attached hydrogen (secondary N) is 1. The molecular formula is C20H19FN6O2. The number of hydrogen-bond donors (Lipinski definition) is 2. The number of carbonyl (C=O) groups is 1. The zero-order valence-electron chi connectivity index (χ0n) is 15.7. The van der Waals surface area contributed by atoms with Crippen molar-refractivity contribution in [3.05, 3.63) is 47.8 Å². The summed E-state index contributed by atoms with van der Waals surface area (Å²) in [5, 5.41) is 0. The zero-order chi connectivity index (χ0) is 20.4. The van der Waals surface area contributed by atoms with Gasteiger partial charge in [-0.3, -0.25) is 0 Å². The summed E-state index contributed by atoms with van der Waals surface area (Å²) in [6.45, 7) is 2.38. The summed E-state index contributed by atoms with van der Waals surface area (Å²) in [7, 11) is 0. The van der Waals surface area contributed by atoms with Gasteiger partial charge in [0, 0.05) is 12.1 Å². The highest BCUT2D eigenvalue weighted by Crippen LogP contribution is 2.36. The first kappa shape index (κ1) is 18.7. The third kappa shape index (κ3) is 3.96. The summed E-state index contributed by atoms with van der Waals surface area (Å²) >= 11 is 0. The van der Waals surface area contributed by atoms with Crippen LogP contribution in [0, 0.1) is 17.7 Å². The monoisotopic (exact) mass is 394 g/mol. The number of fused-ring (bicyclic) bond motifs is 1. The summed E-state index contributed by atoms with van der Waals surface area (Å²) in [5.74, 6) is 6.01. The molecule has 4 heterocycles.